The first-order valence-corrected chi connectivity index (χ1v) is 10.2. The Balaban J connectivity index is 1.88. The lowest BCUT2D eigenvalue weighted by molar-refractivity contribution is -0.124. The third-order valence-electron chi connectivity index (χ3n) is 4.53. The van der Waals surface area contributed by atoms with Crippen LogP contribution in [0.1, 0.15) is 11.1 Å². The van der Waals surface area contributed by atoms with Crippen LogP contribution in [0.3, 0.4) is 0 Å². The van der Waals surface area contributed by atoms with Gasteiger partial charge < -0.3 is 30.7 Å². The maximum atomic E-state index is 12.5. The van der Waals surface area contributed by atoms with Gasteiger partial charge in [0.1, 0.15) is 12.1 Å². The molecule has 2 aromatic rings. The van der Waals surface area contributed by atoms with Gasteiger partial charge in [0.2, 0.25) is 11.8 Å². The molecule has 0 saturated heterocycles. The third kappa shape index (κ3) is 8.75. The molecule has 0 saturated carbocycles. The van der Waals surface area contributed by atoms with E-state index in [4.69, 9.17) is 9.47 Å². The fourth-order valence-electron chi connectivity index (χ4n) is 2.87. The Morgan fingerprint density at radius 2 is 1.06 bits per heavy atom. The van der Waals surface area contributed by atoms with Gasteiger partial charge in [-0.25, -0.2) is 4.79 Å². The Morgan fingerprint density at radius 3 is 1.41 bits per heavy atom. The van der Waals surface area contributed by atoms with Crippen LogP contribution in [0.15, 0.2) is 60.7 Å². The zero-order valence-electron chi connectivity index (χ0n) is 18.3. The lowest BCUT2D eigenvalue weighted by Gasteiger charge is -2.21. The molecule has 2 atom stereocenters. The van der Waals surface area contributed by atoms with E-state index in [1.807, 2.05) is 60.7 Å². The van der Waals surface area contributed by atoms with E-state index in [2.05, 4.69) is 21.3 Å². The van der Waals surface area contributed by atoms with Crippen LogP contribution in [0, 0.1) is 0 Å². The molecule has 0 aliphatic rings. The van der Waals surface area contributed by atoms with E-state index in [-0.39, 0.29) is 13.2 Å². The van der Waals surface area contributed by atoms with Gasteiger partial charge in [0.15, 0.2) is 0 Å². The molecule has 9 nitrogen and oxygen atoms in total. The summed E-state index contributed by atoms with van der Waals surface area (Å²) in [5.74, 6) is -0.801. The number of urea groups is 1. The largest absolute Gasteiger partial charge is 0.382 e. The SMILES string of the molecule is COC[C@@H](NC(=O)N[C@H](COC)C(=O)NCc1ccccc1)C(=O)NCc1ccccc1. The summed E-state index contributed by atoms with van der Waals surface area (Å²) in [4.78, 5) is 37.5. The van der Waals surface area contributed by atoms with Gasteiger partial charge in [0, 0.05) is 27.3 Å². The molecule has 0 aromatic heterocycles. The molecule has 0 unspecified atom stereocenters. The average molecular weight is 443 g/mol. The Hall–Kier alpha value is -3.43. The van der Waals surface area contributed by atoms with Gasteiger partial charge in [-0.05, 0) is 11.1 Å². The van der Waals surface area contributed by atoms with Crippen molar-refractivity contribution in [2.24, 2.45) is 0 Å². The summed E-state index contributed by atoms with van der Waals surface area (Å²) < 4.78 is 10.1. The molecule has 0 aliphatic heterocycles. The highest BCUT2D eigenvalue weighted by atomic mass is 16.5. The van der Waals surface area contributed by atoms with Crippen molar-refractivity contribution in [2.45, 2.75) is 25.2 Å². The summed E-state index contributed by atoms with van der Waals surface area (Å²) >= 11 is 0. The number of benzene rings is 2. The summed E-state index contributed by atoms with van der Waals surface area (Å²) in [5, 5.41) is 10.6. The van der Waals surface area contributed by atoms with Gasteiger partial charge in [-0.2, -0.15) is 0 Å². The molecule has 2 aromatic carbocycles. The van der Waals surface area contributed by atoms with E-state index in [1.54, 1.807) is 0 Å². The fourth-order valence-corrected chi connectivity index (χ4v) is 2.87. The quantitative estimate of drug-likeness (QED) is 0.390. The van der Waals surface area contributed by atoms with Crippen molar-refractivity contribution in [1.82, 2.24) is 21.3 Å². The number of hydrogen-bond donors (Lipinski definition) is 4. The van der Waals surface area contributed by atoms with Crippen molar-refractivity contribution in [1.29, 1.82) is 0 Å². The van der Waals surface area contributed by atoms with Crippen molar-refractivity contribution in [2.75, 3.05) is 27.4 Å². The summed E-state index contributed by atoms with van der Waals surface area (Å²) in [6.07, 6.45) is 0. The minimum absolute atomic E-state index is 0.0246. The highest BCUT2D eigenvalue weighted by molar-refractivity contribution is 5.90. The molecule has 0 bridgehead atoms. The summed E-state index contributed by atoms with van der Waals surface area (Å²) in [5.41, 5.74) is 1.86. The lowest BCUT2D eigenvalue weighted by Crippen LogP contribution is -2.57. The van der Waals surface area contributed by atoms with Gasteiger partial charge in [-0.3, -0.25) is 9.59 Å². The second kappa shape index (κ2) is 13.8. The molecule has 0 radical (unpaired) electrons. The van der Waals surface area contributed by atoms with Crippen molar-refractivity contribution < 1.29 is 23.9 Å². The van der Waals surface area contributed by atoms with Crippen molar-refractivity contribution in [3.05, 3.63) is 71.8 Å². The number of ether oxygens (including phenoxy) is 2. The smallest absolute Gasteiger partial charge is 0.316 e. The first kappa shape index (κ1) is 24.8. The topological polar surface area (TPSA) is 118 Å². The zero-order valence-corrected chi connectivity index (χ0v) is 18.3. The molecule has 4 amide bonds. The molecule has 2 rings (SSSR count). The predicted molar refractivity (Wildman–Crippen MR) is 120 cm³/mol. The van der Waals surface area contributed by atoms with E-state index >= 15 is 0 Å². The fraction of sp³-hybridized carbons (Fsp3) is 0.348. The monoisotopic (exact) mass is 442 g/mol. The number of rotatable bonds is 12. The standard InChI is InChI=1S/C23H30N4O5/c1-31-15-19(21(28)24-13-17-9-5-3-6-10-17)26-23(30)27-20(16-32-2)22(29)25-14-18-11-7-4-8-12-18/h3-12,19-20H,13-16H2,1-2H3,(H,24,28)(H,25,29)(H2,26,27,30)/t19-,20-/m1/s1. The molecule has 0 spiro atoms. The van der Waals surface area contributed by atoms with Crippen LogP contribution < -0.4 is 21.3 Å². The van der Waals surface area contributed by atoms with E-state index < -0.39 is 29.9 Å². The Bertz CT molecular complexity index is 778. The molecule has 32 heavy (non-hydrogen) atoms. The minimum atomic E-state index is -0.931. The number of carbonyl (C=O) groups excluding carboxylic acids is 3. The van der Waals surface area contributed by atoms with Crippen LogP contribution in [0.5, 0.6) is 0 Å². The van der Waals surface area contributed by atoms with Crippen molar-refractivity contribution in [3.8, 4) is 0 Å². The second-order valence-electron chi connectivity index (χ2n) is 7.04. The van der Waals surface area contributed by atoms with Crippen LogP contribution in [0.4, 0.5) is 4.79 Å². The number of hydrogen-bond acceptors (Lipinski definition) is 5. The lowest BCUT2D eigenvalue weighted by atomic mass is 10.2. The van der Waals surface area contributed by atoms with E-state index in [1.165, 1.54) is 14.2 Å². The normalized spacial score (nSPS) is 12.3. The molecule has 172 valence electrons. The van der Waals surface area contributed by atoms with Crippen LogP contribution in [0.2, 0.25) is 0 Å². The van der Waals surface area contributed by atoms with Crippen LogP contribution >= 0.6 is 0 Å². The molecular weight excluding hydrogens is 412 g/mol. The van der Waals surface area contributed by atoms with E-state index in [0.717, 1.165) is 11.1 Å². The predicted octanol–water partition coefficient (Wildman–Crippen LogP) is 0.948. The molecule has 0 fully saturated rings. The second-order valence-corrected chi connectivity index (χ2v) is 7.04. The highest BCUT2D eigenvalue weighted by Gasteiger charge is 2.25. The number of methoxy groups -OCH3 is 2. The van der Waals surface area contributed by atoms with Crippen molar-refractivity contribution >= 4 is 17.8 Å². The summed E-state index contributed by atoms with van der Waals surface area (Å²) in [7, 11) is 2.86. The molecule has 9 heteroatoms. The van der Waals surface area contributed by atoms with E-state index in [9.17, 15) is 14.4 Å². The number of nitrogens with one attached hydrogen (secondary N) is 4. The first-order chi connectivity index (χ1) is 15.5. The van der Waals surface area contributed by atoms with Gasteiger partial charge in [0.25, 0.3) is 0 Å². The maximum Gasteiger partial charge on any atom is 0.316 e. The maximum absolute atomic E-state index is 12.5. The minimum Gasteiger partial charge on any atom is -0.382 e. The molecular formula is C23H30N4O5. The molecule has 4 N–H and O–H groups in total. The van der Waals surface area contributed by atoms with Crippen LogP contribution in [-0.4, -0.2) is 57.4 Å². The van der Waals surface area contributed by atoms with Crippen LogP contribution in [0.25, 0.3) is 0 Å². The summed E-state index contributed by atoms with van der Waals surface area (Å²) in [6, 6.07) is 16.3. The van der Waals surface area contributed by atoms with Crippen LogP contribution in [-0.2, 0) is 32.2 Å². The van der Waals surface area contributed by atoms with Gasteiger partial charge in [0.05, 0.1) is 13.2 Å². The zero-order chi connectivity index (χ0) is 23.2. The van der Waals surface area contributed by atoms with E-state index in [0.29, 0.717) is 13.1 Å². The first-order valence-electron chi connectivity index (χ1n) is 10.2. The highest BCUT2D eigenvalue weighted by Crippen LogP contribution is 1.99. The Kier molecular flexibility index (Phi) is 10.7. The molecule has 0 aliphatic carbocycles. The third-order valence-corrected chi connectivity index (χ3v) is 4.53. The summed E-state index contributed by atoms with van der Waals surface area (Å²) in [6.45, 7) is 0.584. The number of carbonyl (C=O) groups is 3. The number of amides is 4. The van der Waals surface area contributed by atoms with Crippen molar-refractivity contribution in [3.63, 3.8) is 0 Å². The Morgan fingerprint density at radius 1 is 0.688 bits per heavy atom. The van der Waals surface area contributed by atoms with Gasteiger partial charge >= 0.3 is 6.03 Å². The Labute approximate surface area is 187 Å². The van der Waals surface area contributed by atoms with Gasteiger partial charge in [-0.15, -0.1) is 0 Å². The molecule has 0 heterocycles. The van der Waals surface area contributed by atoms with Gasteiger partial charge in [-0.1, -0.05) is 60.7 Å². The average Bonchev–Trinajstić information content (AvgIpc) is 2.81.